The van der Waals surface area contributed by atoms with Gasteiger partial charge in [-0.25, -0.2) is 8.42 Å². The molecule has 2 N–H and O–H groups in total. The minimum Gasteiger partial charge on any atom is -0.486 e. The van der Waals surface area contributed by atoms with Crippen molar-refractivity contribution in [3.8, 4) is 17.6 Å². The molecule has 8 nitrogen and oxygen atoms in total. The number of nitrogens with one attached hydrogen (secondary N) is 2. The highest BCUT2D eigenvalue weighted by Crippen LogP contribution is 2.33. The van der Waals surface area contributed by atoms with Crippen LogP contribution >= 0.6 is 0 Å². The summed E-state index contributed by atoms with van der Waals surface area (Å²) in [5.41, 5.74) is 1.11. The molecule has 1 aliphatic heterocycles. The lowest BCUT2D eigenvalue weighted by molar-refractivity contribution is 0.102. The summed E-state index contributed by atoms with van der Waals surface area (Å²) in [6.45, 7) is 0.885. The molecule has 3 aromatic carbocycles. The van der Waals surface area contributed by atoms with Gasteiger partial charge in [-0.3, -0.25) is 9.52 Å². The van der Waals surface area contributed by atoms with Gasteiger partial charge >= 0.3 is 0 Å². The van der Waals surface area contributed by atoms with Crippen molar-refractivity contribution in [3.63, 3.8) is 0 Å². The van der Waals surface area contributed by atoms with Gasteiger partial charge in [0.1, 0.15) is 13.2 Å². The van der Waals surface area contributed by atoms with E-state index in [2.05, 4.69) is 10.0 Å². The van der Waals surface area contributed by atoms with Crippen molar-refractivity contribution in [2.24, 2.45) is 0 Å². The SMILES string of the molecule is N#Cc1ccc(S(=O)(=O)Nc2ccccc2C(=O)Nc2ccc3c(c2)OCCO3)cc1. The molecule has 9 heteroatoms. The van der Waals surface area contributed by atoms with E-state index in [0.717, 1.165) is 0 Å². The number of rotatable bonds is 5. The van der Waals surface area contributed by atoms with Gasteiger partial charge in [0.25, 0.3) is 15.9 Å². The fourth-order valence-corrected chi connectivity index (χ4v) is 4.08. The Morgan fingerprint density at radius 3 is 2.39 bits per heavy atom. The number of nitriles is 1. The molecular weight excluding hydrogens is 418 g/mol. The number of amides is 1. The summed E-state index contributed by atoms with van der Waals surface area (Å²) in [4.78, 5) is 12.8. The molecule has 0 bridgehead atoms. The van der Waals surface area contributed by atoms with Gasteiger partial charge in [-0.1, -0.05) is 12.1 Å². The molecule has 0 spiro atoms. The van der Waals surface area contributed by atoms with Crippen LogP contribution in [0.1, 0.15) is 15.9 Å². The van der Waals surface area contributed by atoms with E-state index >= 15 is 0 Å². The predicted molar refractivity (Wildman–Crippen MR) is 114 cm³/mol. The monoisotopic (exact) mass is 435 g/mol. The average Bonchev–Trinajstić information content (AvgIpc) is 2.79. The van der Waals surface area contributed by atoms with Gasteiger partial charge in [-0.15, -0.1) is 0 Å². The number of nitrogens with zero attached hydrogens (tertiary/aromatic N) is 1. The molecule has 0 fully saturated rings. The van der Waals surface area contributed by atoms with Crippen LogP contribution in [0.4, 0.5) is 11.4 Å². The van der Waals surface area contributed by atoms with E-state index in [1.54, 1.807) is 30.3 Å². The van der Waals surface area contributed by atoms with Crippen LogP contribution in [0.15, 0.2) is 71.6 Å². The fraction of sp³-hybridized carbons (Fsp3) is 0.0909. The summed E-state index contributed by atoms with van der Waals surface area (Å²) < 4.78 is 38.9. The lowest BCUT2D eigenvalue weighted by Crippen LogP contribution is -2.19. The third kappa shape index (κ3) is 4.44. The van der Waals surface area contributed by atoms with Gasteiger partial charge in [0.05, 0.1) is 27.8 Å². The number of para-hydroxylation sites is 1. The molecule has 0 aliphatic carbocycles. The second-order valence-corrected chi connectivity index (χ2v) is 8.28. The van der Waals surface area contributed by atoms with Crippen molar-refractivity contribution >= 4 is 27.3 Å². The highest BCUT2D eigenvalue weighted by atomic mass is 32.2. The zero-order valence-electron chi connectivity index (χ0n) is 16.2. The molecule has 3 aromatic rings. The summed E-state index contributed by atoms with van der Waals surface area (Å²) in [6, 6.07) is 18.7. The lowest BCUT2D eigenvalue weighted by atomic mass is 10.1. The number of benzene rings is 3. The van der Waals surface area contributed by atoms with Crippen LogP contribution < -0.4 is 19.5 Å². The third-order valence-electron chi connectivity index (χ3n) is 4.51. The van der Waals surface area contributed by atoms with E-state index in [-0.39, 0.29) is 16.1 Å². The molecule has 0 saturated carbocycles. The maximum absolute atomic E-state index is 12.9. The number of sulfonamides is 1. The van der Waals surface area contributed by atoms with Gasteiger partial charge in [0.15, 0.2) is 11.5 Å². The lowest BCUT2D eigenvalue weighted by Gasteiger charge is -2.19. The van der Waals surface area contributed by atoms with Crippen LogP contribution in [0.25, 0.3) is 0 Å². The molecule has 0 atom stereocenters. The minimum absolute atomic E-state index is 0.0199. The molecule has 31 heavy (non-hydrogen) atoms. The van der Waals surface area contributed by atoms with Gasteiger partial charge in [-0.05, 0) is 48.5 Å². The van der Waals surface area contributed by atoms with Gasteiger partial charge in [-0.2, -0.15) is 5.26 Å². The number of hydrogen-bond donors (Lipinski definition) is 2. The van der Waals surface area contributed by atoms with Gasteiger partial charge in [0.2, 0.25) is 0 Å². The number of hydrogen-bond acceptors (Lipinski definition) is 6. The second kappa shape index (κ2) is 8.38. The molecule has 0 aromatic heterocycles. The summed E-state index contributed by atoms with van der Waals surface area (Å²) in [5.74, 6) is 0.633. The molecule has 1 aliphatic rings. The first-order chi connectivity index (χ1) is 15.0. The third-order valence-corrected chi connectivity index (χ3v) is 5.89. The Morgan fingerprint density at radius 1 is 0.935 bits per heavy atom. The zero-order chi connectivity index (χ0) is 21.8. The first kappa shape index (κ1) is 20.3. The molecular formula is C22H17N3O5S. The molecule has 156 valence electrons. The normalized spacial score (nSPS) is 12.5. The highest BCUT2D eigenvalue weighted by molar-refractivity contribution is 7.92. The topological polar surface area (TPSA) is 118 Å². The molecule has 4 rings (SSSR count). The summed E-state index contributed by atoms with van der Waals surface area (Å²) in [7, 11) is -3.96. The van der Waals surface area contributed by atoms with E-state index < -0.39 is 15.9 Å². The van der Waals surface area contributed by atoms with Crippen molar-refractivity contribution in [1.29, 1.82) is 5.26 Å². The van der Waals surface area contributed by atoms with Crippen LogP contribution in [-0.2, 0) is 10.0 Å². The summed E-state index contributed by atoms with van der Waals surface area (Å²) >= 11 is 0. The van der Waals surface area contributed by atoms with E-state index in [9.17, 15) is 13.2 Å². The van der Waals surface area contributed by atoms with Crippen LogP contribution in [0.5, 0.6) is 11.5 Å². The van der Waals surface area contributed by atoms with E-state index in [0.29, 0.717) is 36.0 Å². The van der Waals surface area contributed by atoms with Crippen molar-refractivity contribution in [3.05, 3.63) is 77.9 Å². The zero-order valence-corrected chi connectivity index (χ0v) is 17.0. The molecule has 1 heterocycles. The smallest absolute Gasteiger partial charge is 0.261 e. The molecule has 0 radical (unpaired) electrons. The largest absolute Gasteiger partial charge is 0.486 e. The minimum atomic E-state index is -3.96. The molecule has 0 saturated heterocycles. The number of ether oxygens (including phenoxy) is 2. The average molecular weight is 435 g/mol. The first-order valence-electron chi connectivity index (χ1n) is 9.29. The number of carbonyl (C=O) groups excluding carboxylic acids is 1. The fourth-order valence-electron chi connectivity index (χ4n) is 3.00. The Bertz CT molecular complexity index is 1280. The molecule has 1 amide bonds. The maximum atomic E-state index is 12.9. The Hall–Kier alpha value is -4.03. The Labute approximate surface area is 179 Å². The first-order valence-corrected chi connectivity index (χ1v) is 10.8. The van der Waals surface area contributed by atoms with Gasteiger partial charge < -0.3 is 14.8 Å². The summed E-state index contributed by atoms with van der Waals surface area (Å²) in [6.07, 6.45) is 0. The maximum Gasteiger partial charge on any atom is 0.261 e. The van der Waals surface area contributed by atoms with Crippen molar-refractivity contribution in [1.82, 2.24) is 0 Å². The second-order valence-electron chi connectivity index (χ2n) is 6.60. The number of anilines is 2. The standard InChI is InChI=1S/C22H17N3O5S/c23-14-15-5-8-17(9-6-15)31(27,28)25-19-4-2-1-3-18(19)22(26)24-16-7-10-20-21(13-16)30-12-11-29-20/h1-10,13,25H,11-12H2,(H,24,26). The predicted octanol–water partition coefficient (Wildman–Crippen LogP) is 3.38. The Morgan fingerprint density at radius 2 is 1.65 bits per heavy atom. The van der Waals surface area contributed by atoms with E-state index in [1.807, 2.05) is 6.07 Å². The number of fused-ring (bicyclic) bond motifs is 1. The van der Waals surface area contributed by atoms with Crippen molar-refractivity contribution in [2.45, 2.75) is 4.90 Å². The molecule has 0 unspecified atom stereocenters. The van der Waals surface area contributed by atoms with Crippen LogP contribution in [0.3, 0.4) is 0 Å². The Kier molecular flexibility index (Phi) is 5.47. The highest BCUT2D eigenvalue weighted by Gasteiger charge is 2.19. The number of carbonyl (C=O) groups is 1. The van der Waals surface area contributed by atoms with Crippen molar-refractivity contribution < 1.29 is 22.7 Å². The summed E-state index contributed by atoms with van der Waals surface area (Å²) in [5, 5.41) is 11.6. The van der Waals surface area contributed by atoms with Crippen molar-refractivity contribution in [2.75, 3.05) is 23.3 Å². The van der Waals surface area contributed by atoms with E-state index in [1.165, 1.54) is 36.4 Å². The van der Waals surface area contributed by atoms with Crippen LogP contribution in [0.2, 0.25) is 0 Å². The van der Waals surface area contributed by atoms with Crippen LogP contribution in [0, 0.1) is 11.3 Å². The Balaban J connectivity index is 1.56. The van der Waals surface area contributed by atoms with E-state index in [4.69, 9.17) is 14.7 Å². The quantitative estimate of drug-likeness (QED) is 0.634. The van der Waals surface area contributed by atoms with Crippen LogP contribution in [-0.4, -0.2) is 27.5 Å². The van der Waals surface area contributed by atoms with Gasteiger partial charge in [0, 0.05) is 11.8 Å².